The summed E-state index contributed by atoms with van der Waals surface area (Å²) < 4.78 is 0. The van der Waals surface area contributed by atoms with Gasteiger partial charge in [-0.1, -0.05) is 30.3 Å². The van der Waals surface area contributed by atoms with Crippen molar-refractivity contribution in [2.24, 2.45) is 0 Å². The van der Waals surface area contributed by atoms with Crippen molar-refractivity contribution in [1.29, 1.82) is 0 Å². The number of amides is 2. The van der Waals surface area contributed by atoms with E-state index in [0.29, 0.717) is 11.3 Å². The average Bonchev–Trinajstić information content (AvgIpc) is 2.86. The van der Waals surface area contributed by atoms with E-state index in [1.54, 1.807) is 12.1 Å². The van der Waals surface area contributed by atoms with Crippen molar-refractivity contribution in [3.63, 3.8) is 0 Å². The number of nitrogens with zero attached hydrogens (tertiary/aromatic N) is 2. The summed E-state index contributed by atoms with van der Waals surface area (Å²) in [5.74, 6) is -0.227. The number of anilines is 3. The molecule has 0 spiro atoms. The molecule has 2 aliphatic rings. The normalized spacial score (nSPS) is 18.2. The molecule has 174 valence electrons. The summed E-state index contributed by atoms with van der Waals surface area (Å²) in [6.45, 7) is 6.88. The summed E-state index contributed by atoms with van der Waals surface area (Å²) in [5, 5.41) is 5.72. The van der Waals surface area contributed by atoms with E-state index in [9.17, 15) is 9.59 Å². The van der Waals surface area contributed by atoms with Crippen molar-refractivity contribution < 1.29 is 9.59 Å². The molecule has 34 heavy (non-hydrogen) atoms. The number of rotatable bonds is 5. The van der Waals surface area contributed by atoms with Gasteiger partial charge in [0.05, 0.1) is 10.9 Å². The van der Waals surface area contributed by atoms with E-state index in [4.69, 9.17) is 0 Å². The van der Waals surface area contributed by atoms with Gasteiger partial charge in [-0.05, 0) is 55.0 Å². The predicted molar refractivity (Wildman–Crippen MR) is 139 cm³/mol. The molecule has 1 atom stereocenters. The molecule has 5 rings (SSSR count). The first-order valence-electron chi connectivity index (χ1n) is 11.6. The van der Waals surface area contributed by atoms with E-state index in [2.05, 4.69) is 62.9 Å². The zero-order chi connectivity index (χ0) is 23.5. The van der Waals surface area contributed by atoms with Crippen LogP contribution in [0.1, 0.15) is 22.8 Å². The molecule has 7 heteroatoms. The lowest BCUT2D eigenvalue weighted by Gasteiger charge is -2.36. The van der Waals surface area contributed by atoms with Gasteiger partial charge < -0.3 is 15.5 Å². The third kappa shape index (κ3) is 5.11. The molecule has 0 radical (unpaired) electrons. The van der Waals surface area contributed by atoms with Gasteiger partial charge in [0, 0.05) is 54.6 Å². The minimum absolute atomic E-state index is 0.0356. The van der Waals surface area contributed by atoms with Gasteiger partial charge in [-0.2, -0.15) is 0 Å². The maximum atomic E-state index is 12.8. The summed E-state index contributed by atoms with van der Waals surface area (Å²) in [5.41, 5.74) is 4.49. The van der Waals surface area contributed by atoms with Gasteiger partial charge in [-0.3, -0.25) is 14.5 Å². The van der Waals surface area contributed by atoms with Crippen molar-refractivity contribution in [3.05, 3.63) is 83.9 Å². The molecule has 0 aromatic heterocycles. The number of fused-ring (bicyclic) bond motifs is 1. The number of nitrogens with one attached hydrogen (secondary N) is 2. The smallest absolute Gasteiger partial charge is 0.255 e. The van der Waals surface area contributed by atoms with E-state index >= 15 is 0 Å². The van der Waals surface area contributed by atoms with Gasteiger partial charge in [0.2, 0.25) is 5.91 Å². The fraction of sp³-hybridized carbons (Fsp3) is 0.259. The first-order valence-corrected chi connectivity index (χ1v) is 12.5. The fourth-order valence-corrected chi connectivity index (χ4v) is 5.25. The Hall–Kier alpha value is -3.29. The minimum Gasteiger partial charge on any atom is -0.369 e. The van der Waals surface area contributed by atoms with Gasteiger partial charge >= 0.3 is 0 Å². The van der Waals surface area contributed by atoms with Crippen LogP contribution in [0.4, 0.5) is 17.1 Å². The van der Waals surface area contributed by atoms with Gasteiger partial charge in [0.15, 0.2) is 0 Å². The molecule has 3 aromatic rings. The van der Waals surface area contributed by atoms with E-state index in [1.165, 1.54) is 23.0 Å². The molecule has 2 heterocycles. The summed E-state index contributed by atoms with van der Waals surface area (Å²) in [6, 6.07) is 24.1. The standard InChI is InChI=1S/C27H28N4O2S/c1-19-26(32)29-24-17-21(7-12-25(24)34-19)27(33)28-22-8-10-23(11-9-22)31-15-13-30(14-16-31)18-20-5-3-2-4-6-20/h2-12,17,19H,13-16,18H2,1H3,(H,28,33)(H,29,32)/t19-/m1/s1. The van der Waals surface area contributed by atoms with Crippen molar-refractivity contribution in [1.82, 2.24) is 4.90 Å². The molecular formula is C27H28N4O2S. The maximum Gasteiger partial charge on any atom is 0.255 e. The number of thioether (sulfide) groups is 1. The van der Waals surface area contributed by atoms with Crippen LogP contribution in [0.3, 0.4) is 0 Å². The van der Waals surface area contributed by atoms with Crippen LogP contribution in [0.2, 0.25) is 0 Å². The zero-order valence-electron chi connectivity index (χ0n) is 19.2. The lowest BCUT2D eigenvalue weighted by atomic mass is 10.1. The van der Waals surface area contributed by atoms with Gasteiger partial charge in [-0.25, -0.2) is 0 Å². The Bertz CT molecular complexity index is 1170. The number of benzene rings is 3. The first-order chi connectivity index (χ1) is 16.5. The highest BCUT2D eigenvalue weighted by Crippen LogP contribution is 2.36. The third-order valence-corrected chi connectivity index (χ3v) is 7.46. The second kappa shape index (κ2) is 9.91. The first kappa shape index (κ1) is 22.5. The monoisotopic (exact) mass is 472 g/mol. The van der Waals surface area contributed by atoms with Gasteiger partial charge in [0.1, 0.15) is 0 Å². The zero-order valence-corrected chi connectivity index (χ0v) is 20.0. The highest BCUT2D eigenvalue weighted by atomic mass is 32.2. The van der Waals surface area contributed by atoms with Crippen LogP contribution in [0, 0.1) is 0 Å². The molecule has 0 unspecified atom stereocenters. The maximum absolute atomic E-state index is 12.8. The quantitative estimate of drug-likeness (QED) is 0.564. The highest BCUT2D eigenvalue weighted by Gasteiger charge is 2.24. The minimum atomic E-state index is -0.192. The lowest BCUT2D eigenvalue weighted by Crippen LogP contribution is -2.45. The van der Waals surface area contributed by atoms with Crippen LogP contribution < -0.4 is 15.5 Å². The van der Waals surface area contributed by atoms with Crippen molar-refractivity contribution in [2.45, 2.75) is 23.6 Å². The molecule has 0 saturated carbocycles. The van der Waals surface area contributed by atoms with Crippen LogP contribution in [0.25, 0.3) is 0 Å². The van der Waals surface area contributed by atoms with Crippen LogP contribution in [-0.2, 0) is 11.3 Å². The van der Waals surface area contributed by atoms with E-state index < -0.39 is 0 Å². The average molecular weight is 473 g/mol. The molecule has 2 N–H and O–H groups in total. The van der Waals surface area contributed by atoms with Crippen molar-refractivity contribution in [3.8, 4) is 0 Å². The Balaban J connectivity index is 1.16. The second-order valence-electron chi connectivity index (χ2n) is 8.71. The molecule has 1 fully saturated rings. The van der Waals surface area contributed by atoms with Gasteiger partial charge in [0.25, 0.3) is 5.91 Å². The molecular weight excluding hydrogens is 444 g/mol. The highest BCUT2D eigenvalue weighted by molar-refractivity contribution is 8.00. The van der Waals surface area contributed by atoms with E-state index in [0.717, 1.165) is 43.3 Å². The van der Waals surface area contributed by atoms with E-state index in [-0.39, 0.29) is 17.1 Å². The Labute approximate surface area is 204 Å². The molecule has 2 aliphatic heterocycles. The number of hydrogen-bond acceptors (Lipinski definition) is 5. The second-order valence-corrected chi connectivity index (χ2v) is 10.1. The van der Waals surface area contributed by atoms with Gasteiger partial charge in [-0.15, -0.1) is 11.8 Å². The summed E-state index contributed by atoms with van der Waals surface area (Å²) in [6.07, 6.45) is 0. The Morgan fingerprint density at radius 1 is 1.00 bits per heavy atom. The molecule has 6 nitrogen and oxygen atoms in total. The molecule has 0 bridgehead atoms. The number of hydrogen-bond donors (Lipinski definition) is 2. The Kier molecular flexibility index (Phi) is 6.56. The summed E-state index contributed by atoms with van der Waals surface area (Å²) in [4.78, 5) is 30.6. The summed E-state index contributed by atoms with van der Waals surface area (Å²) in [7, 11) is 0. The number of carbonyl (C=O) groups excluding carboxylic acids is 2. The van der Waals surface area contributed by atoms with E-state index in [1.807, 2.05) is 25.1 Å². The van der Waals surface area contributed by atoms with Crippen molar-refractivity contribution in [2.75, 3.05) is 41.7 Å². The molecule has 0 aliphatic carbocycles. The number of piperazine rings is 1. The number of carbonyl (C=O) groups is 2. The topological polar surface area (TPSA) is 64.7 Å². The lowest BCUT2D eigenvalue weighted by molar-refractivity contribution is -0.115. The van der Waals surface area contributed by atoms with Crippen LogP contribution in [-0.4, -0.2) is 48.1 Å². The van der Waals surface area contributed by atoms with Crippen LogP contribution in [0.5, 0.6) is 0 Å². The fourth-order valence-electron chi connectivity index (χ4n) is 4.31. The van der Waals surface area contributed by atoms with Crippen LogP contribution in [0.15, 0.2) is 77.7 Å². The molecule has 3 aromatic carbocycles. The summed E-state index contributed by atoms with van der Waals surface area (Å²) >= 11 is 1.51. The SMILES string of the molecule is C[C@H]1Sc2ccc(C(=O)Nc3ccc(N4CCN(Cc5ccccc5)CC4)cc3)cc2NC1=O. The molecule has 1 saturated heterocycles. The largest absolute Gasteiger partial charge is 0.369 e. The third-order valence-electron chi connectivity index (χ3n) is 6.28. The predicted octanol–water partition coefficient (Wildman–Crippen LogP) is 4.69. The molecule has 2 amide bonds. The Morgan fingerprint density at radius 2 is 1.74 bits per heavy atom. The van der Waals surface area contributed by atoms with Crippen LogP contribution >= 0.6 is 11.8 Å². The van der Waals surface area contributed by atoms with Crippen molar-refractivity contribution >= 4 is 40.6 Å². The Morgan fingerprint density at radius 3 is 2.47 bits per heavy atom.